The average Bonchev–Trinajstić information content (AvgIpc) is 3.21. The number of rotatable bonds is 7. The van der Waals surface area contributed by atoms with E-state index in [-0.39, 0.29) is 21.9 Å². The van der Waals surface area contributed by atoms with E-state index in [1.807, 2.05) is 23.3 Å². The van der Waals surface area contributed by atoms with Crippen molar-refractivity contribution >= 4 is 38.9 Å². The third kappa shape index (κ3) is 4.93. The molecule has 0 aliphatic carbocycles. The van der Waals surface area contributed by atoms with Gasteiger partial charge in [-0.15, -0.1) is 11.3 Å². The molecule has 152 valence electrons. The third-order valence-corrected chi connectivity index (χ3v) is 8.24. The van der Waals surface area contributed by atoms with E-state index >= 15 is 0 Å². The Morgan fingerprint density at radius 1 is 1.18 bits per heavy atom. The van der Waals surface area contributed by atoms with Crippen LogP contribution in [0.3, 0.4) is 0 Å². The van der Waals surface area contributed by atoms with Crippen molar-refractivity contribution in [2.24, 2.45) is 0 Å². The monoisotopic (exact) mass is 441 g/mol. The number of carbonyl (C=O) groups excluding carboxylic acids is 1. The van der Waals surface area contributed by atoms with E-state index in [1.54, 1.807) is 29.5 Å². The van der Waals surface area contributed by atoms with Gasteiger partial charge in [0.15, 0.2) is 0 Å². The molecule has 1 aromatic heterocycles. The van der Waals surface area contributed by atoms with Crippen LogP contribution >= 0.6 is 22.9 Å². The third-order valence-electron chi connectivity index (χ3n) is 4.91. The predicted molar refractivity (Wildman–Crippen MR) is 112 cm³/mol. The highest BCUT2D eigenvalue weighted by Crippen LogP contribution is 2.25. The average molecular weight is 442 g/mol. The van der Waals surface area contributed by atoms with Crippen LogP contribution in [0.5, 0.6) is 0 Å². The Bertz CT molecular complexity index is 895. The van der Waals surface area contributed by atoms with E-state index in [0.717, 1.165) is 6.42 Å². The highest BCUT2D eigenvalue weighted by atomic mass is 35.5. The molecule has 28 heavy (non-hydrogen) atoms. The van der Waals surface area contributed by atoms with Crippen molar-refractivity contribution in [1.82, 2.24) is 14.5 Å². The van der Waals surface area contributed by atoms with Gasteiger partial charge in [0.1, 0.15) is 4.90 Å². The maximum atomic E-state index is 12.8. The van der Waals surface area contributed by atoms with E-state index < -0.39 is 10.0 Å². The van der Waals surface area contributed by atoms with E-state index in [1.165, 1.54) is 15.2 Å². The molecule has 2 aromatic rings. The Balaban J connectivity index is 1.51. The number of halogens is 1. The van der Waals surface area contributed by atoms with Crippen molar-refractivity contribution in [2.75, 3.05) is 32.7 Å². The number of amides is 1. The van der Waals surface area contributed by atoms with Gasteiger partial charge in [0.25, 0.3) is 0 Å². The number of hydrogen-bond acceptors (Lipinski definition) is 5. The van der Waals surface area contributed by atoms with Gasteiger partial charge in [-0.25, -0.2) is 8.42 Å². The first-order valence-electron chi connectivity index (χ1n) is 9.18. The molecular formula is C19H24ClN3O3S2. The molecule has 1 amide bonds. The predicted octanol–water partition coefficient (Wildman–Crippen LogP) is 2.46. The van der Waals surface area contributed by atoms with E-state index in [9.17, 15) is 13.2 Å². The minimum absolute atomic E-state index is 0.0287. The molecule has 1 saturated heterocycles. The summed E-state index contributed by atoms with van der Waals surface area (Å²) in [6, 6.07) is 10.2. The highest BCUT2D eigenvalue weighted by molar-refractivity contribution is 7.89. The molecule has 1 aromatic carbocycles. The number of carbonyl (C=O) groups is 1. The molecular weight excluding hydrogens is 418 g/mol. The fourth-order valence-electron chi connectivity index (χ4n) is 3.20. The molecule has 0 radical (unpaired) electrons. The van der Waals surface area contributed by atoms with Crippen LogP contribution in [0.15, 0.2) is 46.7 Å². The van der Waals surface area contributed by atoms with E-state index in [2.05, 4.69) is 11.4 Å². The SMILES string of the molecule is CC(C(=O)NCCc1cccs1)N1CCN(S(=O)(=O)c2ccccc2Cl)CC1. The zero-order valence-electron chi connectivity index (χ0n) is 15.7. The number of benzene rings is 1. The highest BCUT2D eigenvalue weighted by Gasteiger charge is 2.32. The second kappa shape index (κ2) is 9.37. The molecule has 1 unspecified atom stereocenters. The van der Waals surface area contributed by atoms with E-state index in [0.29, 0.717) is 32.7 Å². The van der Waals surface area contributed by atoms with Crippen LogP contribution in [0.25, 0.3) is 0 Å². The second-order valence-corrected chi connectivity index (χ2v) is 10.0. The molecule has 0 spiro atoms. The summed E-state index contributed by atoms with van der Waals surface area (Å²) in [5.74, 6) is -0.0287. The minimum Gasteiger partial charge on any atom is -0.354 e. The molecule has 1 N–H and O–H groups in total. The van der Waals surface area contributed by atoms with Crippen molar-refractivity contribution in [1.29, 1.82) is 0 Å². The lowest BCUT2D eigenvalue weighted by Gasteiger charge is -2.36. The lowest BCUT2D eigenvalue weighted by atomic mass is 10.2. The Morgan fingerprint density at radius 2 is 1.89 bits per heavy atom. The maximum absolute atomic E-state index is 12.8. The first kappa shape index (κ1) is 21.3. The summed E-state index contributed by atoms with van der Waals surface area (Å²) in [6.07, 6.45) is 0.819. The first-order valence-corrected chi connectivity index (χ1v) is 11.9. The van der Waals surface area contributed by atoms with Crippen molar-refractivity contribution in [3.63, 3.8) is 0 Å². The quantitative estimate of drug-likeness (QED) is 0.716. The van der Waals surface area contributed by atoms with Gasteiger partial charge in [0.05, 0.1) is 11.1 Å². The molecule has 0 saturated carbocycles. The topological polar surface area (TPSA) is 69.7 Å². The molecule has 1 aliphatic heterocycles. The van der Waals surface area contributed by atoms with Gasteiger partial charge < -0.3 is 5.32 Å². The number of piperazine rings is 1. The van der Waals surface area contributed by atoms with Gasteiger partial charge in [0, 0.05) is 37.6 Å². The van der Waals surface area contributed by atoms with Crippen LogP contribution in [0.4, 0.5) is 0 Å². The lowest BCUT2D eigenvalue weighted by Crippen LogP contribution is -2.55. The smallest absolute Gasteiger partial charge is 0.244 e. The van der Waals surface area contributed by atoms with Crippen LogP contribution in [0, 0.1) is 0 Å². The molecule has 1 aliphatic rings. The Hall–Kier alpha value is -1.45. The van der Waals surface area contributed by atoms with Crippen LogP contribution in [-0.2, 0) is 21.2 Å². The Labute approximate surface area is 175 Å². The number of sulfonamides is 1. The van der Waals surface area contributed by atoms with Gasteiger partial charge in [-0.2, -0.15) is 4.31 Å². The molecule has 1 atom stereocenters. The zero-order chi connectivity index (χ0) is 20.1. The van der Waals surface area contributed by atoms with Gasteiger partial charge in [-0.1, -0.05) is 29.8 Å². The normalized spacial score (nSPS) is 17.4. The Morgan fingerprint density at radius 3 is 2.54 bits per heavy atom. The van der Waals surface area contributed by atoms with Crippen LogP contribution in [-0.4, -0.2) is 62.3 Å². The Kier molecular flexibility index (Phi) is 7.11. The molecule has 2 heterocycles. The fourth-order valence-corrected chi connectivity index (χ4v) is 5.83. The van der Waals surface area contributed by atoms with Crippen LogP contribution in [0.2, 0.25) is 5.02 Å². The summed E-state index contributed by atoms with van der Waals surface area (Å²) in [5, 5.41) is 5.22. The number of thiophene rings is 1. The van der Waals surface area contributed by atoms with Gasteiger partial charge >= 0.3 is 0 Å². The first-order chi connectivity index (χ1) is 13.4. The molecule has 0 bridgehead atoms. The van der Waals surface area contributed by atoms with E-state index in [4.69, 9.17) is 11.6 Å². The number of nitrogens with one attached hydrogen (secondary N) is 1. The lowest BCUT2D eigenvalue weighted by molar-refractivity contribution is -0.126. The summed E-state index contributed by atoms with van der Waals surface area (Å²) < 4.78 is 27.1. The molecule has 9 heteroatoms. The summed E-state index contributed by atoms with van der Waals surface area (Å²) in [5.41, 5.74) is 0. The van der Waals surface area contributed by atoms with Gasteiger partial charge in [-0.05, 0) is 36.9 Å². The number of hydrogen-bond donors (Lipinski definition) is 1. The zero-order valence-corrected chi connectivity index (χ0v) is 18.1. The summed E-state index contributed by atoms with van der Waals surface area (Å²) in [4.78, 5) is 15.8. The summed E-state index contributed by atoms with van der Waals surface area (Å²) in [7, 11) is -3.63. The van der Waals surface area contributed by atoms with Gasteiger partial charge in [-0.3, -0.25) is 9.69 Å². The van der Waals surface area contributed by atoms with Crippen molar-refractivity contribution in [3.05, 3.63) is 51.7 Å². The minimum atomic E-state index is -3.63. The largest absolute Gasteiger partial charge is 0.354 e. The van der Waals surface area contributed by atoms with Crippen molar-refractivity contribution in [2.45, 2.75) is 24.3 Å². The molecule has 6 nitrogen and oxygen atoms in total. The second-order valence-electron chi connectivity index (χ2n) is 6.67. The van der Waals surface area contributed by atoms with Crippen LogP contribution < -0.4 is 5.32 Å². The standard InChI is InChI=1S/C19H24ClN3O3S2/c1-15(19(24)21-9-8-16-5-4-14-27-16)22-10-12-23(13-11-22)28(25,26)18-7-3-2-6-17(18)20/h2-7,14-15H,8-13H2,1H3,(H,21,24). The molecule has 1 fully saturated rings. The maximum Gasteiger partial charge on any atom is 0.244 e. The summed E-state index contributed by atoms with van der Waals surface area (Å²) >= 11 is 7.74. The molecule has 3 rings (SSSR count). The van der Waals surface area contributed by atoms with Crippen LogP contribution in [0.1, 0.15) is 11.8 Å². The number of nitrogens with zero attached hydrogens (tertiary/aromatic N) is 2. The summed E-state index contributed by atoms with van der Waals surface area (Å²) in [6.45, 7) is 4.14. The fraction of sp³-hybridized carbons (Fsp3) is 0.421. The van der Waals surface area contributed by atoms with Crippen molar-refractivity contribution in [3.8, 4) is 0 Å². The van der Waals surface area contributed by atoms with Crippen molar-refractivity contribution < 1.29 is 13.2 Å². The van der Waals surface area contributed by atoms with Gasteiger partial charge in [0.2, 0.25) is 15.9 Å².